The SMILES string of the molecule is CCCC1CCC(OCC2CCC(C3CCC(c4ccc(OCC)c(F)c4F)CC3)CC2)CC1. The van der Waals surface area contributed by atoms with Crippen LogP contribution in [0.4, 0.5) is 8.78 Å². The lowest BCUT2D eigenvalue weighted by Crippen LogP contribution is -2.29. The van der Waals surface area contributed by atoms with Crippen LogP contribution in [0.3, 0.4) is 0 Å². The lowest BCUT2D eigenvalue weighted by molar-refractivity contribution is -0.0127. The quantitative estimate of drug-likeness (QED) is 0.354. The van der Waals surface area contributed by atoms with E-state index in [1.54, 1.807) is 19.1 Å². The van der Waals surface area contributed by atoms with E-state index in [4.69, 9.17) is 9.47 Å². The zero-order chi connectivity index (χ0) is 23.9. The van der Waals surface area contributed by atoms with E-state index in [1.165, 1.54) is 64.2 Å². The Bertz CT molecular complexity index is 742. The third kappa shape index (κ3) is 6.53. The lowest BCUT2D eigenvalue weighted by atomic mass is 9.68. The van der Waals surface area contributed by atoms with Crippen LogP contribution in [0.2, 0.25) is 0 Å². The van der Waals surface area contributed by atoms with Crippen molar-refractivity contribution in [2.24, 2.45) is 23.7 Å². The molecule has 34 heavy (non-hydrogen) atoms. The Morgan fingerprint density at radius 2 is 1.35 bits per heavy atom. The maximum atomic E-state index is 14.7. The highest BCUT2D eigenvalue weighted by Crippen LogP contribution is 2.45. The highest BCUT2D eigenvalue weighted by atomic mass is 19.2. The molecule has 192 valence electrons. The van der Waals surface area contributed by atoms with Gasteiger partial charge in [-0.15, -0.1) is 0 Å². The van der Waals surface area contributed by atoms with E-state index in [-0.39, 0.29) is 11.7 Å². The second-order valence-corrected chi connectivity index (χ2v) is 11.4. The zero-order valence-corrected chi connectivity index (χ0v) is 21.5. The maximum absolute atomic E-state index is 14.7. The summed E-state index contributed by atoms with van der Waals surface area (Å²) in [5.74, 6) is 1.89. The van der Waals surface area contributed by atoms with Crippen LogP contribution in [0.15, 0.2) is 12.1 Å². The van der Waals surface area contributed by atoms with Crippen LogP contribution < -0.4 is 4.74 Å². The Labute approximate surface area is 206 Å². The van der Waals surface area contributed by atoms with Crippen molar-refractivity contribution in [2.75, 3.05) is 13.2 Å². The molecule has 0 aromatic heterocycles. The molecule has 0 N–H and O–H groups in total. The van der Waals surface area contributed by atoms with Crippen molar-refractivity contribution >= 4 is 0 Å². The molecule has 0 heterocycles. The van der Waals surface area contributed by atoms with Gasteiger partial charge >= 0.3 is 0 Å². The van der Waals surface area contributed by atoms with Crippen LogP contribution in [-0.4, -0.2) is 19.3 Å². The first-order valence-electron chi connectivity index (χ1n) is 14.3. The fourth-order valence-corrected chi connectivity index (χ4v) is 7.12. The van der Waals surface area contributed by atoms with E-state index in [2.05, 4.69) is 6.92 Å². The summed E-state index contributed by atoms with van der Waals surface area (Å²) in [7, 11) is 0. The zero-order valence-electron chi connectivity index (χ0n) is 21.5. The topological polar surface area (TPSA) is 18.5 Å². The van der Waals surface area contributed by atoms with E-state index < -0.39 is 11.6 Å². The Morgan fingerprint density at radius 3 is 1.97 bits per heavy atom. The molecule has 0 amide bonds. The molecule has 0 saturated heterocycles. The largest absolute Gasteiger partial charge is 0.491 e. The number of ether oxygens (including phenoxy) is 2. The molecule has 1 aromatic rings. The first kappa shape index (κ1) is 25.9. The van der Waals surface area contributed by atoms with Gasteiger partial charge in [0.05, 0.1) is 12.7 Å². The van der Waals surface area contributed by atoms with E-state index in [0.717, 1.165) is 56.0 Å². The predicted molar refractivity (Wildman–Crippen MR) is 134 cm³/mol. The van der Waals surface area contributed by atoms with Crippen LogP contribution >= 0.6 is 0 Å². The molecule has 0 atom stereocenters. The van der Waals surface area contributed by atoms with Gasteiger partial charge in [-0.05, 0) is 125 Å². The molecule has 3 fully saturated rings. The first-order chi connectivity index (χ1) is 16.6. The van der Waals surface area contributed by atoms with Crippen molar-refractivity contribution in [1.29, 1.82) is 0 Å². The van der Waals surface area contributed by atoms with Gasteiger partial charge in [-0.3, -0.25) is 0 Å². The molecule has 0 unspecified atom stereocenters. The molecule has 0 radical (unpaired) electrons. The molecule has 2 nitrogen and oxygen atoms in total. The molecule has 0 bridgehead atoms. The predicted octanol–water partition coefficient (Wildman–Crippen LogP) is 8.82. The minimum absolute atomic E-state index is 0.0300. The van der Waals surface area contributed by atoms with E-state index in [1.807, 2.05) is 0 Å². The van der Waals surface area contributed by atoms with Gasteiger partial charge < -0.3 is 9.47 Å². The standard InChI is InChI=1S/C30H46F2O2/c1-3-5-21-8-16-26(17-9-21)34-20-22-6-10-23(11-7-22)24-12-14-25(15-13-24)27-18-19-28(33-4-2)30(32)29(27)31/h18-19,21-26H,3-17,20H2,1-2H3. The molecular formula is C30H46F2O2. The van der Waals surface area contributed by atoms with Crippen molar-refractivity contribution in [2.45, 2.75) is 116 Å². The molecule has 0 aliphatic heterocycles. The minimum atomic E-state index is -0.823. The summed E-state index contributed by atoms with van der Waals surface area (Å²) in [5, 5.41) is 0. The van der Waals surface area contributed by atoms with Gasteiger partial charge in [0.25, 0.3) is 0 Å². The second kappa shape index (κ2) is 12.7. The van der Waals surface area contributed by atoms with Gasteiger partial charge in [0.15, 0.2) is 11.6 Å². The summed E-state index contributed by atoms with van der Waals surface area (Å²) >= 11 is 0. The van der Waals surface area contributed by atoms with Gasteiger partial charge in [0.2, 0.25) is 5.82 Å². The fraction of sp³-hybridized carbons (Fsp3) is 0.800. The van der Waals surface area contributed by atoms with Gasteiger partial charge in [-0.25, -0.2) is 4.39 Å². The summed E-state index contributed by atoms with van der Waals surface area (Å²) in [4.78, 5) is 0. The summed E-state index contributed by atoms with van der Waals surface area (Å²) in [6, 6.07) is 3.35. The highest BCUT2D eigenvalue weighted by molar-refractivity contribution is 5.33. The summed E-state index contributed by atoms with van der Waals surface area (Å²) in [6.45, 7) is 5.39. The molecule has 4 heteroatoms. The summed E-state index contributed by atoms with van der Waals surface area (Å²) in [5.41, 5.74) is 0.545. The van der Waals surface area contributed by atoms with Crippen molar-refractivity contribution < 1.29 is 18.3 Å². The molecule has 3 saturated carbocycles. The van der Waals surface area contributed by atoms with Crippen LogP contribution in [0.5, 0.6) is 5.75 Å². The maximum Gasteiger partial charge on any atom is 0.200 e. The van der Waals surface area contributed by atoms with E-state index in [0.29, 0.717) is 18.3 Å². The lowest BCUT2D eigenvalue weighted by Gasteiger charge is -2.38. The monoisotopic (exact) mass is 476 g/mol. The van der Waals surface area contributed by atoms with Gasteiger partial charge in [0.1, 0.15) is 0 Å². The number of halogens is 2. The number of benzene rings is 1. The molecule has 0 spiro atoms. The Hall–Kier alpha value is -1.16. The number of rotatable bonds is 9. The third-order valence-electron chi connectivity index (χ3n) is 9.20. The first-order valence-corrected chi connectivity index (χ1v) is 14.3. The fourth-order valence-electron chi connectivity index (χ4n) is 7.12. The molecular weight excluding hydrogens is 430 g/mol. The molecule has 3 aliphatic carbocycles. The summed E-state index contributed by atoms with van der Waals surface area (Å²) in [6.07, 6.45) is 17.9. The minimum Gasteiger partial charge on any atom is -0.491 e. The van der Waals surface area contributed by atoms with Crippen LogP contribution in [0.1, 0.15) is 115 Å². The number of hydrogen-bond donors (Lipinski definition) is 0. The molecule has 3 aliphatic rings. The highest BCUT2D eigenvalue weighted by Gasteiger charge is 2.33. The Kier molecular flexibility index (Phi) is 9.68. The molecule has 4 rings (SSSR count). The third-order valence-corrected chi connectivity index (χ3v) is 9.20. The average molecular weight is 477 g/mol. The normalized spacial score (nSPS) is 32.5. The second-order valence-electron chi connectivity index (χ2n) is 11.4. The van der Waals surface area contributed by atoms with Crippen molar-refractivity contribution in [3.05, 3.63) is 29.3 Å². The van der Waals surface area contributed by atoms with Gasteiger partial charge in [-0.2, -0.15) is 4.39 Å². The van der Waals surface area contributed by atoms with Crippen molar-refractivity contribution in [1.82, 2.24) is 0 Å². The molecule has 1 aromatic carbocycles. The van der Waals surface area contributed by atoms with Crippen LogP contribution in [0.25, 0.3) is 0 Å². The number of hydrogen-bond acceptors (Lipinski definition) is 2. The van der Waals surface area contributed by atoms with Crippen molar-refractivity contribution in [3.63, 3.8) is 0 Å². The smallest absolute Gasteiger partial charge is 0.200 e. The Morgan fingerprint density at radius 1 is 0.735 bits per heavy atom. The van der Waals surface area contributed by atoms with Crippen molar-refractivity contribution in [3.8, 4) is 5.75 Å². The van der Waals surface area contributed by atoms with Gasteiger partial charge in [-0.1, -0.05) is 25.8 Å². The van der Waals surface area contributed by atoms with Crippen LogP contribution in [-0.2, 0) is 4.74 Å². The van der Waals surface area contributed by atoms with Crippen LogP contribution in [0, 0.1) is 35.3 Å². The summed E-state index contributed by atoms with van der Waals surface area (Å²) < 4.78 is 40.6. The van der Waals surface area contributed by atoms with E-state index >= 15 is 0 Å². The Balaban J connectivity index is 1.17. The van der Waals surface area contributed by atoms with E-state index in [9.17, 15) is 8.78 Å². The average Bonchev–Trinajstić information content (AvgIpc) is 2.87. The van der Waals surface area contributed by atoms with Gasteiger partial charge in [0, 0.05) is 6.61 Å².